The average Bonchev–Trinajstić information content (AvgIpc) is 2.44. The Kier molecular flexibility index (Phi) is 6.25. The molecule has 1 aromatic rings. The molecule has 1 aromatic carbocycles. The molecule has 1 aliphatic rings. The van der Waals surface area contributed by atoms with E-state index in [1.165, 1.54) is 5.56 Å². The minimum Gasteiger partial charge on any atom is -0.307 e. The minimum absolute atomic E-state index is 0.752. The molecule has 18 heavy (non-hydrogen) atoms. The smallest absolute Gasteiger partial charge is 0.150 e. The summed E-state index contributed by atoms with van der Waals surface area (Å²) in [6.07, 6.45) is 0.889. The van der Waals surface area contributed by atoms with E-state index in [4.69, 9.17) is 4.79 Å². The van der Waals surface area contributed by atoms with Crippen LogP contribution < -0.4 is 0 Å². The van der Waals surface area contributed by atoms with Gasteiger partial charge in [-0.2, -0.15) is 0 Å². The predicted octanol–water partition coefficient (Wildman–Crippen LogP) is 1.06. The minimum atomic E-state index is 0.752. The molecule has 2 rings (SSSR count). The number of aldehydes is 1. The highest BCUT2D eigenvalue weighted by Crippen LogP contribution is 2.08. The molecule has 0 amide bonds. The Hall–Kier alpha value is -1.52. The largest absolute Gasteiger partial charge is 0.307 e. The van der Waals surface area contributed by atoms with Gasteiger partial charge in [0, 0.05) is 38.3 Å². The van der Waals surface area contributed by atoms with Crippen LogP contribution in [0.15, 0.2) is 24.3 Å². The first-order valence-corrected chi connectivity index (χ1v) is 6.02. The van der Waals surface area contributed by atoms with Crippen LogP contribution in [0.3, 0.4) is 0 Å². The number of carbonyl (C=O) groups is 2. The molecule has 98 valence electrons. The number of nitrogens with zero attached hydrogens (tertiary/aromatic N) is 2. The maximum Gasteiger partial charge on any atom is 0.150 e. The fourth-order valence-corrected chi connectivity index (χ4v) is 1.97. The van der Waals surface area contributed by atoms with Gasteiger partial charge in [0.2, 0.25) is 0 Å². The molecule has 1 heterocycles. The number of benzene rings is 1. The predicted molar refractivity (Wildman–Crippen MR) is 71.7 cm³/mol. The van der Waals surface area contributed by atoms with Gasteiger partial charge in [0.05, 0.1) is 0 Å². The van der Waals surface area contributed by atoms with Crippen LogP contribution in [0.25, 0.3) is 0 Å². The zero-order valence-electron chi connectivity index (χ0n) is 10.8. The van der Waals surface area contributed by atoms with Crippen LogP contribution >= 0.6 is 0 Å². The quantitative estimate of drug-likeness (QED) is 0.750. The van der Waals surface area contributed by atoms with E-state index in [2.05, 4.69) is 16.8 Å². The Labute approximate surface area is 108 Å². The lowest BCUT2D eigenvalue weighted by Gasteiger charge is -2.32. The van der Waals surface area contributed by atoms with Gasteiger partial charge in [-0.05, 0) is 12.6 Å². The fourth-order valence-electron chi connectivity index (χ4n) is 1.97. The van der Waals surface area contributed by atoms with Crippen molar-refractivity contribution in [3.63, 3.8) is 0 Å². The van der Waals surface area contributed by atoms with Gasteiger partial charge in [-0.3, -0.25) is 9.69 Å². The van der Waals surface area contributed by atoms with E-state index in [0.29, 0.717) is 0 Å². The van der Waals surface area contributed by atoms with Crippen LogP contribution in [0.4, 0.5) is 0 Å². The SMILES string of the molecule is C=O.CN1CCN(Cc2ccc(C=O)cc2)CC1. The van der Waals surface area contributed by atoms with Gasteiger partial charge < -0.3 is 9.69 Å². The summed E-state index contributed by atoms with van der Waals surface area (Å²) in [5.74, 6) is 0. The third kappa shape index (κ3) is 4.39. The summed E-state index contributed by atoms with van der Waals surface area (Å²) in [5.41, 5.74) is 2.04. The van der Waals surface area contributed by atoms with E-state index in [0.717, 1.165) is 44.6 Å². The monoisotopic (exact) mass is 248 g/mol. The van der Waals surface area contributed by atoms with Crippen LogP contribution in [0, 0.1) is 0 Å². The molecule has 0 atom stereocenters. The summed E-state index contributed by atoms with van der Waals surface area (Å²) in [5, 5.41) is 0. The molecule has 0 aromatic heterocycles. The Balaban J connectivity index is 0.000000771. The van der Waals surface area contributed by atoms with Crippen LogP contribution in [0.2, 0.25) is 0 Å². The first kappa shape index (κ1) is 14.5. The van der Waals surface area contributed by atoms with Gasteiger partial charge in [-0.15, -0.1) is 0 Å². The van der Waals surface area contributed by atoms with E-state index >= 15 is 0 Å². The molecule has 0 N–H and O–H groups in total. The zero-order chi connectivity index (χ0) is 13.4. The maximum absolute atomic E-state index is 10.5. The summed E-state index contributed by atoms with van der Waals surface area (Å²) in [6.45, 7) is 7.55. The van der Waals surface area contributed by atoms with Crippen molar-refractivity contribution in [2.45, 2.75) is 6.54 Å². The van der Waals surface area contributed by atoms with Crippen LogP contribution in [0.1, 0.15) is 15.9 Å². The fraction of sp³-hybridized carbons (Fsp3) is 0.429. The van der Waals surface area contributed by atoms with Gasteiger partial charge in [-0.1, -0.05) is 24.3 Å². The van der Waals surface area contributed by atoms with E-state index in [1.54, 1.807) is 0 Å². The van der Waals surface area contributed by atoms with Gasteiger partial charge in [0.1, 0.15) is 13.1 Å². The van der Waals surface area contributed by atoms with E-state index in [1.807, 2.05) is 31.1 Å². The van der Waals surface area contributed by atoms with Gasteiger partial charge in [-0.25, -0.2) is 0 Å². The summed E-state index contributed by atoms with van der Waals surface area (Å²) >= 11 is 0. The van der Waals surface area contributed by atoms with Crippen molar-refractivity contribution in [2.24, 2.45) is 0 Å². The van der Waals surface area contributed by atoms with Crippen molar-refractivity contribution < 1.29 is 9.59 Å². The van der Waals surface area contributed by atoms with Gasteiger partial charge in [0.15, 0.2) is 0 Å². The van der Waals surface area contributed by atoms with Crippen LogP contribution in [0.5, 0.6) is 0 Å². The zero-order valence-corrected chi connectivity index (χ0v) is 10.8. The molecule has 0 saturated carbocycles. The molecule has 0 aliphatic carbocycles. The van der Waals surface area contributed by atoms with Crippen molar-refractivity contribution in [2.75, 3.05) is 33.2 Å². The molecule has 4 nitrogen and oxygen atoms in total. The summed E-state index contributed by atoms with van der Waals surface area (Å²) < 4.78 is 0. The number of rotatable bonds is 3. The Bertz CT molecular complexity index is 357. The lowest BCUT2D eigenvalue weighted by atomic mass is 10.1. The molecule has 4 heteroatoms. The van der Waals surface area contributed by atoms with Crippen molar-refractivity contribution in [1.82, 2.24) is 9.80 Å². The second-order valence-corrected chi connectivity index (χ2v) is 4.44. The lowest BCUT2D eigenvalue weighted by molar-refractivity contribution is -0.0979. The molecule has 1 saturated heterocycles. The normalized spacial score (nSPS) is 16.7. The molecule has 0 spiro atoms. The van der Waals surface area contributed by atoms with Crippen LogP contribution in [-0.2, 0) is 11.3 Å². The first-order valence-electron chi connectivity index (χ1n) is 6.02. The summed E-state index contributed by atoms with van der Waals surface area (Å²) in [6, 6.07) is 7.86. The number of carbonyl (C=O) groups excluding carboxylic acids is 2. The molecule has 0 radical (unpaired) electrons. The second kappa shape index (κ2) is 7.74. The Morgan fingerprint density at radius 2 is 1.67 bits per heavy atom. The first-order chi connectivity index (χ1) is 8.78. The molecular weight excluding hydrogens is 228 g/mol. The van der Waals surface area contributed by atoms with Gasteiger partial charge >= 0.3 is 0 Å². The van der Waals surface area contributed by atoms with E-state index < -0.39 is 0 Å². The van der Waals surface area contributed by atoms with Crippen molar-refractivity contribution in [3.05, 3.63) is 35.4 Å². The number of likely N-dealkylation sites (N-methyl/N-ethyl adjacent to an activating group) is 1. The molecule has 0 bridgehead atoms. The Morgan fingerprint density at radius 1 is 1.11 bits per heavy atom. The average molecular weight is 248 g/mol. The highest BCUT2D eigenvalue weighted by Gasteiger charge is 2.13. The Morgan fingerprint density at radius 3 is 2.17 bits per heavy atom. The third-order valence-electron chi connectivity index (χ3n) is 3.12. The van der Waals surface area contributed by atoms with E-state index in [-0.39, 0.29) is 0 Å². The highest BCUT2D eigenvalue weighted by molar-refractivity contribution is 5.74. The summed E-state index contributed by atoms with van der Waals surface area (Å²) in [7, 11) is 2.16. The molecule has 1 fully saturated rings. The van der Waals surface area contributed by atoms with Crippen molar-refractivity contribution in [1.29, 1.82) is 0 Å². The topological polar surface area (TPSA) is 40.6 Å². The lowest BCUT2D eigenvalue weighted by Crippen LogP contribution is -2.43. The number of piperazine rings is 1. The number of hydrogen-bond acceptors (Lipinski definition) is 4. The maximum atomic E-state index is 10.5. The molecule has 0 unspecified atom stereocenters. The van der Waals surface area contributed by atoms with Crippen molar-refractivity contribution in [3.8, 4) is 0 Å². The molecule has 1 aliphatic heterocycles. The highest BCUT2D eigenvalue weighted by atomic mass is 16.1. The van der Waals surface area contributed by atoms with Crippen LogP contribution in [-0.4, -0.2) is 56.1 Å². The van der Waals surface area contributed by atoms with Crippen molar-refractivity contribution >= 4 is 13.1 Å². The third-order valence-corrected chi connectivity index (χ3v) is 3.12. The second-order valence-electron chi connectivity index (χ2n) is 4.44. The number of hydrogen-bond donors (Lipinski definition) is 0. The van der Waals surface area contributed by atoms with Gasteiger partial charge in [0.25, 0.3) is 0 Å². The molecular formula is C14H20N2O2. The standard InChI is InChI=1S/C13H18N2O.CH2O/c1-14-6-8-15(9-7-14)10-12-2-4-13(11-16)5-3-12;1-2/h2-5,11H,6-10H2,1H3;1H2. The summed E-state index contributed by atoms with van der Waals surface area (Å²) in [4.78, 5) is 23.3. The van der Waals surface area contributed by atoms with E-state index in [9.17, 15) is 4.79 Å².